The Balaban J connectivity index is 2.71. The van der Waals surface area contributed by atoms with E-state index in [1.54, 1.807) is 0 Å². The number of hydrogen-bond donors (Lipinski definition) is 2. The highest BCUT2D eigenvalue weighted by Gasteiger charge is 2.18. The number of phenolic OH excluding ortho intramolecular Hbond substituents is 1. The molecule has 2 aromatic carbocycles. The van der Waals surface area contributed by atoms with Crippen LogP contribution < -0.4 is 5.73 Å². The number of nitrogens with two attached hydrogens (primary N) is 1. The van der Waals surface area contributed by atoms with Gasteiger partial charge in [-0.15, -0.1) is 0 Å². The maximum atomic E-state index is 13.7. The fourth-order valence-electron chi connectivity index (χ4n) is 1.71. The first-order valence-electron chi connectivity index (χ1n) is 5.18. The monoisotopic (exact) mass is 283 g/mol. The number of hydrogen-bond acceptors (Lipinski definition) is 2. The van der Waals surface area contributed by atoms with E-state index in [9.17, 15) is 18.7 Å². The highest BCUT2D eigenvalue weighted by Crippen LogP contribution is 2.37. The van der Waals surface area contributed by atoms with Crippen molar-refractivity contribution in [3.8, 4) is 16.9 Å². The molecular formula is C13H8ClF2NO2. The molecule has 0 radical (unpaired) electrons. The van der Waals surface area contributed by atoms with E-state index in [0.717, 1.165) is 18.2 Å². The van der Waals surface area contributed by atoms with Crippen molar-refractivity contribution in [2.24, 2.45) is 5.73 Å². The van der Waals surface area contributed by atoms with Crippen molar-refractivity contribution in [1.29, 1.82) is 0 Å². The lowest BCUT2D eigenvalue weighted by Crippen LogP contribution is -2.13. The van der Waals surface area contributed by atoms with Crippen molar-refractivity contribution in [2.45, 2.75) is 0 Å². The van der Waals surface area contributed by atoms with E-state index in [1.165, 1.54) is 12.1 Å². The van der Waals surface area contributed by atoms with E-state index in [-0.39, 0.29) is 21.9 Å². The van der Waals surface area contributed by atoms with Gasteiger partial charge in [0.1, 0.15) is 17.4 Å². The molecule has 0 aliphatic rings. The average molecular weight is 284 g/mol. The first-order chi connectivity index (χ1) is 8.91. The van der Waals surface area contributed by atoms with Gasteiger partial charge in [0.15, 0.2) is 0 Å². The Hall–Kier alpha value is -2.14. The fourth-order valence-corrected chi connectivity index (χ4v) is 1.96. The summed E-state index contributed by atoms with van der Waals surface area (Å²) in [5.41, 5.74) is 4.28. The van der Waals surface area contributed by atoms with E-state index < -0.39 is 23.1 Å². The molecule has 0 unspecified atom stereocenters. The molecule has 2 aromatic rings. The minimum atomic E-state index is -0.983. The maximum Gasteiger partial charge on any atom is 0.251 e. The second kappa shape index (κ2) is 4.85. The summed E-state index contributed by atoms with van der Waals surface area (Å²) >= 11 is 5.87. The molecule has 0 aromatic heterocycles. The third-order valence-corrected chi connectivity index (χ3v) is 2.90. The van der Waals surface area contributed by atoms with Crippen LogP contribution in [0.4, 0.5) is 8.78 Å². The summed E-state index contributed by atoms with van der Waals surface area (Å²) in [7, 11) is 0. The summed E-state index contributed by atoms with van der Waals surface area (Å²) in [5.74, 6) is -3.06. The molecule has 0 atom stereocenters. The van der Waals surface area contributed by atoms with Gasteiger partial charge in [-0.3, -0.25) is 4.79 Å². The van der Waals surface area contributed by atoms with Crippen LogP contribution in [0.15, 0.2) is 30.3 Å². The number of aromatic hydroxyl groups is 1. The molecule has 0 bridgehead atoms. The van der Waals surface area contributed by atoms with E-state index in [2.05, 4.69) is 0 Å². The van der Waals surface area contributed by atoms with Gasteiger partial charge in [0.2, 0.25) is 0 Å². The molecule has 98 valence electrons. The van der Waals surface area contributed by atoms with Gasteiger partial charge in [0.05, 0.1) is 11.1 Å². The molecule has 1 amide bonds. The van der Waals surface area contributed by atoms with Crippen molar-refractivity contribution in [1.82, 2.24) is 0 Å². The minimum Gasteiger partial charge on any atom is -0.507 e. The van der Waals surface area contributed by atoms with Crippen LogP contribution in [0.5, 0.6) is 5.75 Å². The van der Waals surface area contributed by atoms with Crippen LogP contribution in [0.3, 0.4) is 0 Å². The van der Waals surface area contributed by atoms with Crippen LogP contribution in [-0.4, -0.2) is 11.0 Å². The van der Waals surface area contributed by atoms with Gasteiger partial charge in [-0.1, -0.05) is 17.7 Å². The topological polar surface area (TPSA) is 63.3 Å². The number of carbonyl (C=O) groups is 1. The van der Waals surface area contributed by atoms with Crippen molar-refractivity contribution in [3.63, 3.8) is 0 Å². The fraction of sp³-hybridized carbons (Fsp3) is 0. The summed E-state index contributed by atoms with van der Waals surface area (Å²) < 4.78 is 27.3. The van der Waals surface area contributed by atoms with Crippen LogP contribution >= 0.6 is 11.6 Å². The Morgan fingerprint density at radius 3 is 2.47 bits per heavy atom. The standard InChI is InChI=1S/C13H8ClF2NO2/c14-8-4-7(13(17)19)10(16)5-6(8)12-9(15)2-1-3-11(12)18/h1-5,18H,(H2,17,19). The van der Waals surface area contributed by atoms with Crippen molar-refractivity contribution in [2.75, 3.05) is 0 Å². The summed E-state index contributed by atoms with van der Waals surface area (Å²) in [6.07, 6.45) is 0. The predicted octanol–water partition coefficient (Wildman–Crippen LogP) is 3.09. The van der Waals surface area contributed by atoms with E-state index in [0.29, 0.717) is 0 Å². The van der Waals surface area contributed by atoms with Gasteiger partial charge < -0.3 is 10.8 Å². The zero-order chi connectivity index (χ0) is 14.2. The minimum absolute atomic E-state index is 0.0558. The van der Waals surface area contributed by atoms with Crippen molar-refractivity contribution >= 4 is 17.5 Å². The molecule has 6 heteroatoms. The zero-order valence-electron chi connectivity index (χ0n) is 9.45. The summed E-state index contributed by atoms with van der Waals surface area (Å²) in [6.45, 7) is 0. The Labute approximate surface area is 112 Å². The second-order valence-corrected chi connectivity index (χ2v) is 4.22. The van der Waals surface area contributed by atoms with Crippen LogP contribution in [0, 0.1) is 11.6 Å². The molecule has 0 heterocycles. The Bertz CT molecular complexity index is 654. The first kappa shape index (κ1) is 13.3. The molecule has 19 heavy (non-hydrogen) atoms. The van der Waals surface area contributed by atoms with Gasteiger partial charge in [-0.25, -0.2) is 8.78 Å². The van der Waals surface area contributed by atoms with Crippen molar-refractivity contribution in [3.05, 3.63) is 52.6 Å². The van der Waals surface area contributed by atoms with Crippen LogP contribution in [0.1, 0.15) is 10.4 Å². The number of benzene rings is 2. The molecule has 0 fully saturated rings. The summed E-state index contributed by atoms with van der Waals surface area (Å²) in [5, 5.41) is 9.54. The van der Waals surface area contributed by atoms with E-state index in [4.69, 9.17) is 17.3 Å². The number of rotatable bonds is 2. The number of phenols is 1. The molecule has 0 saturated heterocycles. The molecule has 0 saturated carbocycles. The molecule has 3 N–H and O–H groups in total. The molecule has 3 nitrogen and oxygen atoms in total. The number of halogens is 3. The number of carbonyl (C=O) groups excluding carboxylic acids is 1. The number of amides is 1. The lowest BCUT2D eigenvalue weighted by molar-refractivity contribution is 0.0996. The Morgan fingerprint density at radius 2 is 1.89 bits per heavy atom. The molecule has 0 aliphatic heterocycles. The average Bonchev–Trinajstić information content (AvgIpc) is 2.32. The quantitative estimate of drug-likeness (QED) is 0.889. The van der Waals surface area contributed by atoms with Gasteiger partial charge in [-0.2, -0.15) is 0 Å². The Kier molecular flexibility index (Phi) is 3.40. The van der Waals surface area contributed by atoms with Gasteiger partial charge in [0.25, 0.3) is 5.91 Å². The van der Waals surface area contributed by atoms with Gasteiger partial charge in [-0.05, 0) is 24.3 Å². The maximum absolute atomic E-state index is 13.7. The summed E-state index contributed by atoms with van der Waals surface area (Å²) in [6, 6.07) is 5.51. The van der Waals surface area contributed by atoms with Crippen LogP contribution in [0.25, 0.3) is 11.1 Å². The third kappa shape index (κ3) is 2.37. The largest absolute Gasteiger partial charge is 0.507 e. The van der Waals surface area contributed by atoms with E-state index in [1.807, 2.05) is 0 Å². The normalized spacial score (nSPS) is 10.5. The van der Waals surface area contributed by atoms with Crippen LogP contribution in [0.2, 0.25) is 5.02 Å². The Morgan fingerprint density at radius 1 is 1.21 bits per heavy atom. The zero-order valence-corrected chi connectivity index (χ0v) is 10.2. The predicted molar refractivity (Wildman–Crippen MR) is 67.0 cm³/mol. The summed E-state index contributed by atoms with van der Waals surface area (Å²) in [4.78, 5) is 11.0. The van der Waals surface area contributed by atoms with Gasteiger partial charge >= 0.3 is 0 Å². The van der Waals surface area contributed by atoms with Crippen molar-refractivity contribution < 1.29 is 18.7 Å². The molecule has 0 spiro atoms. The number of primary amides is 1. The lowest BCUT2D eigenvalue weighted by atomic mass is 10.0. The van der Waals surface area contributed by atoms with Gasteiger partial charge in [0, 0.05) is 10.6 Å². The highest BCUT2D eigenvalue weighted by atomic mass is 35.5. The van der Waals surface area contributed by atoms with E-state index >= 15 is 0 Å². The highest BCUT2D eigenvalue weighted by molar-refractivity contribution is 6.33. The lowest BCUT2D eigenvalue weighted by Gasteiger charge is -2.10. The molecule has 2 rings (SSSR count). The SMILES string of the molecule is NC(=O)c1cc(Cl)c(-c2c(O)cccc2F)cc1F. The second-order valence-electron chi connectivity index (χ2n) is 3.81. The molecule has 0 aliphatic carbocycles. The molecular weight excluding hydrogens is 276 g/mol. The first-order valence-corrected chi connectivity index (χ1v) is 5.56. The van der Waals surface area contributed by atoms with Crippen LogP contribution in [-0.2, 0) is 0 Å². The third-order valence-electron chi connectivity index (χ3n) is 2.58. The smallest absolute Gasteiger partial charge is 0.251 e.